The fraction of sp³-hybridized carbons (Fsp3) is 1.00. The molecular weight excluding hydrogens is 204 g/mol. The standard InChI is InChI=1S/C12H26N2O2/c1-2-14(6-4-7-15)10-12(9-13)5-3-8-16-11-12/h15H,2-11,13H2,1H3. The van der Waals surface area contributed by atoms with Gasteiger partial charge in [0.15, 0.2) is 0 Å². The van der Waals surface area contributed by atoms with Gasteiger partial charge in [-0.05, 0) is 25.8 Å². The third kappa shape index (κ3) is 4.01. The largest absolute Gasteiger partial charge is 0.396 e. The van der Waals surface area contributed by atoms with Crippen LogP contribution < -0.4 is 5.73 Å². The van der Waals surface area contributed by atoms with Crippen LogP contribution in [0.1, 0.15) is 26.2 Å². The fourth-order valence-corrected chi connectivity index (χ4v) is 2.38. The normalized spacial score (nSPS) is 26.2. The molecule has 16 heavy (non-hydrogen) atoms. The van der Waals surface area contributed by atoms with Gasteiger partial charge in [0.25, 0.3) is 0 Å². The van der Waals surface area contributed by atoms with Crippen LogP contribution in [-0.2, 0) is 4.74 Å². The van der Waals surface area contributed by atoms with Gasteiger partial charge in [-0.3, -0.25) is 0 Å². The van der Waals surface area contributed by atoms with E-state index in [1.54, 1.807) is 0 Å². The number of nitrogens with zero attached hydrogens (tertiary/aromatic N) is 1. The van der Waals surface area contributed by atoms with Crippen molar-refractivity contribution in [2.45, 2.75) is 26.2 Å². The Morgan fingerprint density at radius 1 is 1.50 bits per heavy atom. The number of hydrogen-bond donors (Lipinski definition) is 2. The summed E-state index contributed by atoms with van der Waals surface area (Å²) in [5.74, 6) is 0. The van der Waals surface area contributed by atoms with Gasteiger partial charge in [0, 0.05) is 38.3 Å². The number of aliphatic hydroxyl groups is 1. The number of ether oxygens (including phenoxy) is 1. The molecule has 1 atom stereocenters. The average molecular weight is 230 g/mol. The Hall–Kier alpha value is -0.160. The first-order chi connectivity index (χ1) is 7.76. The van der Waals surface area contributed by atoms with Crippen LogP contribution in [0.25, 0.3) is 0 Å². The van der Waals surface area contributed by atoms with Crippen molar-refractivity contribution in [1.82, 2.24) is 4.90 Å². The molecule has 0 aromatic carbocycles. The Morgan fingerprint density at radius 2 is 2.31 bits per heavy atom. The topological polar surface area (TPSA) is 58.7 Å². The predicted octanol–water partition coefficient (Wildman–Crippen LogP) is 0.446. The van der Waals surface area contributed by atoms with Gasteiger partial charge in [-0.2, -0.15) is 0 Å². The number of nitrogens with two attached hydrogens (primary N) is 1. The molecule has 0 saturated carbocycles. The molecule has 0 amide bonds. The zero-order chi connectivity index (χ0) is 11.9. The van der Waals surface area contributed by atoms with Crippen molar-refractivity contribution in [3.63, 3.8) is 0 Å². The molecule has 0 spiro atoms. The quantitative estimate of drug-likeness (QED) is 0.666. The molecule has 1 saturated heterocycles. The van der Waals surface area contributed by atoms with Gasteiger partial charge < -0.3 is 20.5 Å². The third-order valence-electron chi connectivity index (χ3n) is 3.48. The minimum atomic E-state index is 0.143. The smallest absolute Gasteiger partial charge is 0.0546 e. The molecule has 1 aliphatic rings. The summed E-state index contributed by atoms with van der Waals surface area (Å²) < 4.78 is 5.57. The lowest BCUT2D eigenvalue weighted by Gasteiger charge is -2.39. The van der Waals surface area contributed by atoms with Crippen molar-refractivity contribution in [3.8, 4) is 0 Å². The monoisotopic (exact) mass is 230 g/mol. The van der Waals surface area contributed by atoms with Crippen molar-refractivity contribution in [2.24, 2.45) is 11.1 Å². The summed E-state index contributed by atoms with van der Waals surface area (Å²) in [5, 5.41) is 8.86. The van der Waals surface area contributed by atoms with E-state index in [1.165, 1.54) is 6.42 Å². The number of aliphatic hydroxyl groups excluding tert-OH is 1. The highest BCUT2D eigenvalue weighted by Crippen LogP contribution is 2.28. The summed E-state index contributed by atoms with van der Waals surface area (Å²) >= 11 is 0. The Kier molecular flexibility index (Phi) is 6.28. The van der Waals surface area contributed by atoms with E-state index in [1.807, 2.05) is 0 Å². The zero-order valence-corrected chi connectivity index (χ0v) is 10.5. The second kappa shape index (κ2) is 7.22. The van der Waals surface area contributed by atoms with Crippen LogP contribution in [0.3, 0.4) is 0 Å². The highest BCUT2D eigenvalue weighted by molar-refractivity contribution is 4.86. The molecule has 1 unspecified atom stereocenters. The minimum Gasteiger partial charge on any atom is -0.396 e. The van der Waals surface area contributed by atoms with Crippen LogP contribution in [-0.4, -0.2) is 56.0 Å². The lowest BCUT2D eigenvalue weighted by molar-refractivity contribution is -0.0217. The summed E-state index contributed by atoms with van der Waals surface area (Å²) in [5.41, 5.74) is 6.06. The van der Waals surface area contributed by atoms with E-state index in [-0.39, 0.29) is 12.0 Å². The predicted molar refractivity (Wildman–Crippen MR) is 65.4 cm³/mol. The van der Waals surface area contributed by atoms with Crippen molar-refractivity contribution in [2.75, 3.05) is 46.0 Å². The van der Waals surface area contributed by atoms with Gasteiger partial charge in [0.05, 0.1) is 6.61 Å². The SMILES string of the molecule is CCN(CCCO)CC1(CN)CCCOC1. The molecule has 4 heteroatoms. The van der Waals surface area contributed by atoms with Crippen LogP contribution in [0.5, 0.6) is 0 Å². The summed E-state index contributed by atoms with van der Waals surface area (Å²) in [7, 11) is 0. The molecule has 96 valence electrons. The molecule has 3 N–H and O–H groups in total. The molecule has 0 aromatic heterocycles. The Balaban J connectivity index is 2.45. The first-order valence-corrected chi connectivity index (χ1v) is 6.37. The van der Waals surface area contributed by atoms with Gasteiger partial charge in [0.1, 0.15) is 0 Å². The molecule has 0 bridgehead atoms. The van der Waals surface area contributed by atoms with Gasteiger partial charge >= 0.3 is 0 Å². The lowest BCUT2D eigenvalue weighted by atomic mass is 9.82. The molecule has 1 aliphatic heterocycles. The Morgan fingerprint density at radius 3 is 2.81 bits per heavy atom. The highest BCUT2D eigenvalue weighted by atomic mass is 16.5. The van der Waals surface area contributed by atoms with E-state index in [0.29, 0.717) is 6.54 Å². The Labute approximate surface area is 98.8 Å². The molecule has 0 aliphatic carbocycles. The summed E-state index contributed by atoms with van der Waals surface area (Å²) in [4.78, 5) is 2.37. The van der Waals surface area contributed by atoms with E-state index in [9.17, 15) is 0 Å². The molecule has 4 nitrogen and oxygen atoms in total. The van der Waals surface area contributed by atoms with Crippen LogP contribution >= 0.6 is 0 Å². The minimum absolute atomic E-state index is 0.143. The molecule has 1 fully saturated rings. The van der Waals surface area contributed by atoms with Crippen LogP contribution in [0.4, 0.5) is 0 Å². The van der Waals surface area contributed by atoms with Gasteiger partial charge in [-0.25, -0.2) is 0 Å². The van der Waals surface area contributed by atoms with Crippen LogP contribution in [0, 0.1) is 5.41 Å². The maximum Gasteiger partial charge on any atom is 0.0546 e. The second-order valence-corrected chi connectivity index (χ2v) is 4.81. The second-order valence-electron chi connectivity index (χ2n) is 4.81. The van der Waals surface area contributed by atoms with E-state index >= 15 is 0 Å². The molecule has 0 radical (unpaired) electrons. The molecule has 1 rings (SSSR count). The first-order valence-electron chi connectivity index (χ1n) is 6.37. The molecular formula is C12H26N2O2. The van der Waals surface area contributed by atoms with Crippen LogP contribution in [0.15, 0.2) is 0 Å². The van der Waals surface area contributed by atoms with E-state index in [4.69, 9.17) is 15.6 Å². The maximum absolute atomic E-state index is 8.86. The number of hydrogen-bond acceptors (Lipinski definition) is 4. The van der Waals surface area contributed by atoms with E-state index in [2.05, 4.69) is 11.8 Å². The van der Waals surface area contributed by atoms with Crippen molar-refractivity contribution >= 4 is 0 Å². The average Bonchev–Trinajstić information content (AvgIpc) is 2.35. The van der Waals surface area contributed by atoms with E-state index in [0.717, 1.165) is 45.7 Å². The fourth-order valence-electron chi connectivity index (χ4n) is 2.38. The van der Waals surface area contributed by atoms with Crippen molar-refractivity contribution in [3.05, 3.63) is 0 Å². The van der Waals surface area contributed by atoms with Crippen molar-refractivity contribution in [1.29, 1.82) is 0 Å². The zero-order valence-electron chi connectivity index (χ0n) is 10.5. The third-order valence-corrected chi connectivity index (χ3v) is 3.48. The summed E-state index contributed by atoms with van der Waals surface area (Å²) in [6.07, 6.45) is 3.13. The summed E-state index contributed by atoms with van der Waals surface area (Å²) in [6, 6.07) is 0. The lowest BCUT2D eigenvalue weighted by Crippen LogP contribution is -2.48. The van der Waals surface area contributed by atoms with Gasteiger partial charge in [0.2, 0.25) is 0 Å². The van der Waals surface area contributed by atoms with Crippen LogP contribution in [0.2, 0.25) is 0 Å². The molecule has 1 heterocycles. The maximum atomic E-state index is 8.86. The number of rotatable bonds is 7. The van der Waals surface area contributed by atoms with Crippen molar-refractivity contribution < 1.29 is 9.84 Å². The molecule has 0 aromatic rings. The van der Waals surface area contributed by atoms with E-state index < -0.39 is 0 Å². The highest BCUT2D eigenvalue weighted by Gasteiger charge is 2.32. The van der Waals surface area contributed by atoms with Gasteiger partial charge in [-0.15, -0.1) is 0 Å². The van der Waals surface area contributed by atoms with Gasteiger partial charge in [-0.1, -0.05) is 6.92 Å². The summed E-state index contributed by atoms with van der Waals surface area (Å²) in [6.45, 7) is 7.76. The first kappa shape index (κ1) is 13.9. The Bertz CT molecular complexity index is 182.